The Morgan fingerprint density at radius 3 is 2.38 bits per heavy atom. The fraction of sp³-hybridized carbons (Fsp3) is 0.455. The lowest BCUT2D eigenvalue weighted by molar-refractivity contribution is 0.164. The van der Waals surface area contributed by atoms with Crippen LogP contribution in [0.2, 0.25) is 0 Å². The second kappa shape index (κ2) is 4.87. The Balaban J connectivity index is 2.49. The smallest absolute Gasteiger partial charge is 0.115 e. The van der Waals surface area contributed by atoms with Crippen LogP contribution in [-0.4, -0.2) is 16.3 Å². The lowest BCUT2D eigenvalue weighted by Crippen LogP contribution is -2.09. The van der Waals surface area contributed by atoms with Gasteiger partial charge in [0, 0.05) is 0 Å². The van der Waals surface area contributed by atoms with Crippen molar-refractivity contribution >= 4 is 0 Å². The molecule has 0 radical (unpaired) electrons. The highest BCUT2D eigenvalue weighted by atomic mass is 16.3. The number of aromatic hydroxyl groups is 1. The van der Waals surface area contributed by atoms with E-state index < -0.39 is 0 Å². The third-order valence-electron chi connectivity index (χ3n) is 2.03. The molecule has 1 atom stereocenters. The van der Waals surface area contributed by atoms with Gasteiger partial charge >= 0.3 is 0 Å². The van der Waals surface area contributed by atoms with Gasteiger partial charge in [-0.05, 0) is 30.5 Å². The maximum absolute atomic E-state index is 9.51. The van der Waals surface area contributed by atoms with Crippen molar-refractivity contribution in [3.63, 3.8) is 0 Å². The van der Waals surface area contributed by atoms with E-state index in [1.807, 2.05) is 12.1 Å². The van der Waals surface area contributed by atoms with Crippen LogP contribution in [0.15, 0.2) is 24.3 Å². The van der Waals surface area contributed by atoms with Gasteiger partial charge in [0.25, 0.3) is 0 Å². The Labute approximate surface area is 78.8 Å². The number of benzene rings is 1. The molecule has 13 heavy (non-hydrogen) atoms. The average Bonchev–Trinajstić information content (AvgIpc) is 2.09. The van der Waals surface area contributed by atoms with Gasteiger partial charge in [0.05, 0.1) is 6.10 Å². The zero-order valence-electron chi connectivity index (χ0n) is 7.90. The fourth-order valence-electron chi connectivity index (χ4n) is 1.34. The molecule has 2 nitrogen and oxygen atoms in total. The molecule has 0 heterocycles. The normalized spacial score (nSPS) is 12.8. The van der Waals surface area contributed by atoms with Crippen molar-refractivity contribution in [1.82, 2.24) is 0 Å². The van der Waals surface area contributed by atoms with E-state index >= 15 is 0 Å². The fourth-order valence-corrected chi connectivity index (χ4v) is 1.34. The zero-order chi connectivity index (χ0) is 9.68. The Morgan fingerprint density at radius 2 is 1.85 bits per heavy atom. The first-order valence-electron chi connectivity index (χ1n) is 4.68. The number of aliphatic hydroxyl groups is 1. The molecule has 0 aliphatic heterocycles. The first kappa shape index (κ1) is 10.1. The zero-order valence-corrected chi connectivity index (χ0v) is 7.90. The van der Waals surface area contributed by atoms with Gasteiger partial charge in [0.15, 0.2) is 0 Å². The van der Waals surface area contributed by atoms with Gasteiger partial charge in [-0.15, -0.1) is 0 Å². The number of rotatable bonds is 4. The summed E-state index contributed by atoms with van der Waals surface area (Å²) in [6, 6.07) is 6.98. The molecule has 1 aromatic rings. The molecule has 0 fully saturated rings. The number of phenols is 1. The molecule has 0 aromatic heterocycles. The third-order valence-corrected chi connectivity index (χ3v) is 2.03. The van der Waals surface area contributed by atoms with Gasteiger partial charge in [0.1, 0.15) is 5.75 Å². The molecule has 0 bridgehead atoms. The molecule has 0 saturated heterocycles. The Bertz CT molecular complexity index is 241. The molecule has 0 aliphatic rings. The van der Waals surface area contributed by atoms with Crippen LogP contribution in [0.1, 0.15) is 25.3 Å². The van der Waals surface area contributed by atoms with Gasteiger partial charge < -0.3 is 10.2 Å². The van der Waals surface area contributed by atoms with Crippen molar-refractivity contribution in [2.24, 2.45) is 0 Å². The minimum absolute atomic E-state index is 0.255. The number of hydrogen-bond acceptors (Lipinski definition) is 2. The van der Waals surface area contributed by atoms with E-state index in [2.05, 4.69) is 6.92 Å². The summed E-state index contributed by atoms with van der Waals surface area (Å²) in [5.74, 6) is 0.272. The Kier molecular flexibility index (Phi) is 3.77. The molecular weight excluding hydrogens is 164 g/mol. The largest absolute Gasteiger partial charge is 0.508 e. The van der Waals surface area contributed by atoms with E-state index in [1.54, 1.807) is 12.1 Å². The molecular formula is C11H16O2. The monoisotopic (exact) mass is 180 g/mol. The van der Waals surface area contributed by atoms with Gasteiger partial charge in [-0.1, -0.05) is 25.5 Å². The minimum atomic E-state index is -0.255. The van der Waals surface area contributed by atoms with Crippen LogP contribution in [0.25, 0.3) is 0 Å². The second-order valence-electron chi connectivity index (χ2n) is 3.31. The summed E-state index contributed by atoms with van der Waals surface area (Å²) in [4.78, 5) is 0. The van der Waals surface area contributed by atoms with Gasteiger partial charge in [-0.3, -0.25) is 0 Å². The van der Waals surface area contributed by atoms with E-state index in [9.17, 15) is 5.11 Å². The summed E-state index contributed by atoms with van der Waals surface area (Å²) in [7, 11) is 0. The third kappa shape index (κ3) is 3.47. The topological polar surface area (TPSA) is 40.5 Å². The van der Waals surface area contributed by atoms with Crippen molar-refractivity contribution in [2.75, 3.05) is 0 Å². The summed E-state index contributed by atoms with van der Waals surface area (Å²) >= 11 is 0. The summed E-state index contributed by atoms with van der Waals surface area (Å²) in [6.07, 6.45) is 2.25. The van der Waals surface area contributed by atoms with Crippen molar-refractivity contribution < 1.29 is 10.2 Å². The van der Waals surface area contributed by atoms with Crippen molar-refractivity contribution in [2.45, 2.75) is 32.3 Å². The van der Waals surface area contributed by atoms with Crippen molar-refractivity contribution in [1.29, 1.82) is 0 Å². The van der Waals surface area contributed by atoms with Crippen molar-refractivity contribution in [3.8, 4) is 5.75 Å². The Hall–Kier alpha value is -1.02. The summed E-state index contributed by atoms with van der Waals surface area (Å²) in [6.45, 7) is 2.06. The van der Waals surface area contributed by atoms with E-state index in [1.165, 1.54) is 0 Å². The molecule has 1 aromatic carbocycles. The SMILES string of the molecule is CCC[C@H](O)Cc1ccc(O)cc1. The van der Waals surface area contributed by atoms with E-state index in [0.717, 1.165) is 18.4 Å². The van der Waals surface area contributed by atoms with Crippen LogP contribution in [0, 0.1) is 0 Å². The molecule has 0 aliphatic carbocycles. The van der Waals surface area contributed by atoms with E-state index in [4.69, 9.17) is 5.11 Å². The molecule has 2 heteroatoms. The van der Waals surface area contributed by atoms with Crippen LogP contribution in [0.5, 0.6) is 5.75 Å². The summed E-state index contributed by atoms with van der Waals surface area (Å²) in [5, 5.41) is 18.5. The molecule has 0 amide bonds. The summed E-state index contributed by atoms with van der Waals surface area (Å²) < 4.78 is 0. The highest BCUT2D eigenvalue weighted by Crippen LogP contribution is 2.12. The molecule has 72 valence electrons. The van der Waals surface area contributed by atoms with Crippen LogP contribution >= 0.6 is 0 Å². The summed E-state index contributed by atoms with van der Waals surface area (Å²) in [5.41, 5.74) is 1.07. The number of hydrogen-bond donors (Lipinski definition) is 2. The van der Waals surface area contributed by atoms with E-state index in [-0.39, 0.29) is 11.9 Å². The van der Waals surface area contributed by atoms with Crippen LogP contribution < -0.4 is 0 Å². The lowest BCUT2D eigenvalue weighted by Gasteiger charge is -2.08. The minimum Gasteiger partial charge on any atom is -0.508 e. The van der Waals surface area contributed by atoms with Crippen molar-refractivity contribution in [3.05, 3.63) is 29.8 Å². The predicted molar refractivity (Wildman–Crippen MR) is 52.7 cm³/mol. The van der Waals surface area contributed by atoms with Crippen LogP contribution in [0.4, 0.5) is 0 Å². The highest BCUT2D eigenvalue weighted by molar-refractivity contribution is 5.26. The standard InChI is InChI=1S/C11H16O2/c1-2-3-11(13)8-9-4-6-10(12)7-5-9/h4-7,11-13H,2-3,8H2,1H3/t11-/m0/s1. The first-order chi connectivity index (χ1) is 6.22. The lowest BCUT2D eigenvalue weighted by atomic mass is 10.0. The quantitative estimate of drug-likeness (QED) is 0.745. The highest BCUT2D eigenvalue weighted by Gasteiger charge is 2.03. The maximum Gasteiger partial charge on any atom is 0.115 e. The Morgan fingerprint density at radius 1 is 1.23 bits per heavy atom. The predicted octanol–water partition coefficient (Wildman–Crippen LogP) is 2.10. The first-order valence-corrected chi connectivity index (χ1v) is 4.68. The molecule has 0 saturated carbocycles. The number of phenolic OH excluding ortho intramolecular Hbond substituents is 1. The molecule has 0 spiro atoms. The van der Waals surface area contributed by atoms with Gasteiger partial charge in [-0.2, -0.15) is 0 Å². The van der Waals surface area contributed by atoms with Crippen LogP contribution in [-0.2, 0) is 6.42 Å². The van der Waals surface area contributed by atoms with Gasteiger partial charge in [0.2, 0.25) is 0 Å². The number of aliphatic hydroxyl groups excluding tert-OH is 1. The molecule has 0 unspecified atom stereocenters. The maximum atomic E-state index is 9.51. The van der Waals surface area contributed by atoms with Gasteiger partial charge in [-0.25, -0.2) is 0 Å². The average molecular weight is 180 g/mol. The molecule has 2 N–H and O–H groups in total. The van der Waals surface area contributed by atoms with Crippen LogP contribution in [0.3, 0.4) is 0 Å². The van der Waals surface area contributed by atoms with E-state index in [0.29, 0.717) is 6.42 Å². The second-order valence-corrected chi connectivity index (χ2v) is 3.31. The molecule has 1 rings (SSSR count).